The first-order chi connectivity index (χ1) is 11.0. The number of hydrogen-bond acceptors (Lipinski definition) is 3. The summed E-state index contributed by atoms with van der Waals surface area (Å²) in [5.41, 5.74) is 1.15. The second-order valence-corrected chi connectivity index (χ2v) is 8.09. The van der Waals surface area contributed by atoms with Crippen molar-refractivity contribution < 1.29 is 13.2 Å². The molecule has 1 heterocycles. The summed E-state index contributed by atoms with van der Waals surface area (Å²) in [5, 5.41) is 2.79. The molecule has 0 aromatic heterocycles. The Labute approximate surface area is 139 Å². The summed E-state index contributed by atoms with van der Waals surface area (Å²) in [7, 11) is -3.28. The molecule has 1 amide bonds. The van der Waals surface area contributed by atoms with E-state index in [1.807, 2.05) is 37.3 Å². The Hall–Kier alpha value is -1.40. The highest BCUT2D eigenvalue weighted by Crippen LogP contribution is 2.20. The second kappa shape index (κ2) is 8.45. The predicted octanol–water partition coefficient (Wildman–Crippen LogP) is 1.80. The zero-order chi connectivity index (χ0) is 16.7. The van der Waals surface area contributed by atoms with Crippen LogP contribution in [0, 0.1) is 5.92 Å². The molecule has 1 aliphatic rings. The molecule has 0 saturated carbocycles. The van der Waals surface area contributed by atoms with Gasteiger partial charge in [-0.3, -0.25) is 4.79 Å². The van der Waals surface area contributed by atoms with Gasteiger partial charge in [0.25, 0.3) is 0 Å². The third-order valence-corrected chi connectivity index (χ3v) is 6.13. The van der Waals surface area contributed by atoms with E-state index in [0.29, 0.717) is 26.1 Å². The number of hydrogen-bond donors (Lipinski definition) is 1. The Morgan fingerprint density at radius 1 is 1.30 bits per heavy atom. The molecule has 128 valence electrons. The number of nitrogens with zero attached hydrogens (tertiary/aromatic N) is 1. The SMILES string of the molecule is CCNC(=O)[C@@H]1CCCN(S(=O)(=O)CCCc2ccccc2)C1. The van der Waals surface area contributed by atoms with Gasteiger partial charge in [0.1, 0.15) is 0 Å². The zero-order valence-electron chi connectivity index (χ0n) is 13.7. The Kier molecular flexibility index (Phi) is 6.59. The lowest BCUT2D eigenvalue weighted by atomic mass is 9.99. The van der Waals surface area contributed by atoms with Crippen molar-refractivity contribution in [3.8, 4) is 0 Å². The molecule has 2 rings (SSSR count). The van der Waals surface area contributed by atoms with Gasteiger partial charge in [0.05, 0.1) is 11.7 Å². The molecule has 1 fully saturated rings. The summed E-state index contributed by atoms with van der Waals surface area (Å²) in [6.07, 6.45) is 2.88. The maximum atomic E-state index is 12.5. The van der Waals surface area contributed by atoms with Crippen LogP contribution in [-0.4, -0.2) is 44.0 Å². The van der Waals surface area contributed by atoms with Crippen LogP contribution in [0.25, 0.3) is 0 Å². The molecular weight excluding hydrogens is 312 g/mol. The largest absolute Gasteiger partial charge is 0.356 e. The van der Waals surface area contributed by atoms with Gasteiger partial charge >= 0.3 is 0 Å². The van der Waals surface area contributed by atoms with Crippen LogP contribution in [0.3, 0.4) is 0 Å². The quantitative estimate of drug-likeness (QED) is 0.824. The molecule has 6 heteroatoms. The van der Waals surface area contributed by atoms with Crippen molar-refractivity contribution in [2.45, 2.75) is 32.6 Å². The van der Waals surface area contributed by atoms with Gasteiger partial charge < -0.3 is 5.32 Å². The Morgan fingerprint density at radius 3 is 2.74 bits per heavy atom. The Balaban J connectivity index is 1.87. The van der Waals surface area contributed by atoms with Gasteiger partial charge in [0, 0.05) is 19.6 Å². The molecule has 0 radical (unpaired) electrons. The van der Waals surface area contributed by atoms with E-state index in [1.54, 1.807) is 0 Å². The highest BCUT2D eigenvalue weighted by Gasteiger charge is 2.31. The van der Waals surface area contributed by atoms with E-state index in [-0.39, 0.29) is 17.6 Å². The van der Waals surface area contributed by atoms with Crippen LogP contribution in [0.2, 0.25) is 0 Å². The number of carbonyl (C=O) groups is 1. The minimum atomic E-state index is -3.28. The normalized spacial score (nSPS) is 19.4. The molecule has 5 nitrogen and oxygen atoms in total. The lowest BCUT2D eigenvalue weighted by Gasteiger charge is -2.31. The molecule has 1 aliphatic heterocycles. The van der Waals surface area contributed by atoms with Crippen LogP contribution in [0.1, 0.15) is 31.7 Å². The van der Waals surface area contributed by atoms with Crippen molar-refractivity contribution >= 4 is 15.9 Å². The van der Waals surface area contributed by atoms with Gasteiger partial charge in [-0.05, 0) is 38.2 Å². The van der Waals surface area contributed by atoms with E-state index in [2.05, 4.69) is 5.32 Å². The summed E-state index contributed by atoms with van der Waals surface area (Å²) in [6.45, 7) is 3.31. The van der Waals surface area contributed by atoms with Gasteiger partial charge in [0.15, 0.2) is 0 Å². The number of benzene rings is 1. The van der Waals surface area contributed by atoms with Crippen molar-refractivity contribution in [3.63, 3.8) is 0 Å². The first-order valence-electron chi connectivity index (χ1n) is 8.32. The van der Waals surface area contributed by atoms with E-state index in [4.69, 9.17) is 0 Å². The standard InChI is InChI=1S/C17H26N2O3S/c1-2-18-17(20)16-11-6-12-19(14-16)23(21,22)13-7-10-15-8-4-3-5-9-15/h3-5,8-9,16H,2,6-7,10-14H2,1H3,(H,18,20)/t16-/m1/s1. The molecule has 1 saturated heterocycles. The first kappa shape index (κ1) is 17.9. The maximum Gasteiger partial charge on any atom is 0.224 e. The van der Waals surface area contributed by atoms with Crippen LogP contribution >= 0.6 is 0 Å². The Bertz CT molecular complexity index is 602. The number of nitrogens with one attached hydrogen (secondary N) is 1. The minimum absolute atomic E-state index is 0.0308. The molecule has 0 bridgehead atoms. The fourth-order valence-corrected chi connectivity index (χ4v) is 4.54. The lowest BCUT2D eigenvalue weighted by Crippen LogP contribution is -2.46. The fraction of sp³-hybridized carbons (Fsp3) is 0.588. The number of piperidine rings is 1. The van der Waals surface area contributed by atoms with E-state index >= 15 is 0 Å². The van der Waals surface area contributed by atoms with Crippen molar-refractivity contribution in [1.82, 2.24) is 9.62 Å². The average Bonchev–Trinajstić information content (AvgIpc) is 2.56. The molecule has 1 aromatic carbocycles. The van der Waals surface area contributed by atoms with Crippen molar-refractivity contribution in [1.29, 1.82) is 0 Å². The van der Waals surface area contributed by atoms with Crippen LogP contribution < -0.4 is 5.32 Å². The third-order valence-electron chi connectivity index (χ3n) is 4.21. The number of amides is 1. The van der Waals surface area contributed by atoms with Gasteiger partial charge in [-0.2, -0.15) is 0 Å². The van der Waals surface area contributed by atoms with Crippen molar-refractivity contribution in [2.24, 2.45) is 5.92 Å². The molecule has 0 spiro atoms. The molecule has 23 heavy (non-hydrogen) atoms. The van der Waals surface area contributed by atoms with Crippen LogP contribution in [0.15, 0.2) is 30.3 Å². The highest BCUT2D eigenvalue weighted by molar-refractivity contribution is 7.89. The van der Waals surface area contributed by atoms with Crippen molar-refractivity contribution in [2.75, 3.05) is 25.4 Å². The molecule has 0 unspecified atom stereocenters. The molecular formula is C17H26N2O3S. The zero-order valence-corrected chi connectivity index (χ0v) is 14.5. The summed E-state index contributed by atoms with van der Waals surface area (Å²) in [6, 6.07) is 9.91. The smallest absolute Gasteiger partial charge is 0.224 e. The van der Waals surface area contributed by atoms with Gasteiger partial charge in [0.2, 0.25) is 15.9 Å². The van der Waals surface area contributed by atoms with E-state index in [0.717, 1.165) is 24.8 Å². The lowest BCUT2D eigenvalue weighted by molar-refractivity contribution is -0.125. The molecule has 1 atom stereocenters. The summed E-state index contributed by atoms with van der Waals surface area (Å²) < 4.78 is 26.5. The topological polar surface area (TPSA) is 66.5 Å². The molecule has 1 N–H and O–H groups in total. The van der Waals surface area contributed by atoms with Crippen LogP contribution in [0.5, 0.6) is 0 Å². The monoisotopic (exact) mass is 338 g/mol. The Morgan fingerprint density at radius 2 is 2.04 bits per heavy atom. The summed E-state index contributed by atoms with van der Waals surface area (Å²) in [5.74, 6) is -0.103. The van der Waals surface area contributed by atoms with Gasteiger partial charge in [-0.25, -0.2) is 12.7 Å². The van der Waals surface area contributed by atoms with E-state index in [9.17, 15) is 13.2 Å². The first-order valence-corrected chi connectivity index (χ1v) is 9.93. The van der Waals surface area contributed by atoms with Crippen molar-refractivity contribution in [3.05, 3.63) is 35.9 Å². The number of carbonyl (C=O) groups excluding carboxylic acids is 1. The number of aryl methyl sites for hydroxylation is 1. The summed E-state index contributed by atoms with van der Waals surface area (Å²) in [4.78, 5) is 11.9. The molecule has 0 aliphatic carbocycles. The maximum absolute atomic E-state index is 12.5. The second-order valence-electron chi connectivity index (χ2n) is 6.00. The predicted molar refractivity (Wildman–Crippen MR) is 91.5 cm³/mol. The van der Waals surface area contributed by atoms with Crippen LogP contribution in [-0.2, 0) is 21.2 Å². The van der Waals surface area contributed by atoms with Crippen LogP contribution in [0.4, 0.5) is 0 Å². The fourth-order valence-electron chi connectivity index (χ4n) is 2.96. The molecule has 1 aromatic rings. The van der Waals surface area contributed by atoms with Gasteiger partial charge in [-0.1, -0.05) is 30.3 Å². The van der Waals surface area contributed by atoms with E-state index in [1.165, 1.54) is 4.31 Å². The number of sulfonamides is 1. The van der Waals surface area contributed by atoms with Gasteiger partial charge in [-0.15, -0.1) is 0 Å². The van der Waals surface area contributed by atoms with E-state index < -0.39 is 10.0 Å². The third kappa shape index (κ3) is 5.32. The summed E-state index contributed by atoms with van der Waals surface area (Å²) >= 11 is 0. The highest BCUT2D eigenvalue weighted by atomic mass is 32.2. The minimum Gasteiger partial charge on any atom is -0.356 e. The average molecular weight is 338 g/mol. The number of rotatable bonds is 7.